The second-order valence-corrected chi connectivity index (χ2v) is 8.84. The molecule has 0 radical (unpaired) electrons. The van der Waals surface area contributed by atoms with Crippen molar-refractivity contribution in [1.29, 1.82) is 0 Å². The molecule has 0 atom stereocenters. The van der Waals surface area contributed by atoms with E-state index in [0.29, 0.717) is 27.8 Å². The molecule has 0 bridgehead atoms. The van der Waals surface area contributed by atoms with Gasteiger partial charge in [0.1, 0.15) is 17.3 Å². The number of rotatable bonds is 8. The van der Waals surface area contributed by atoms with Crippen LogP contribution >= 0.6 is 11.6 Å². The van der Waals surface area contributed by atoms with Crippen molar-refractivity contribution < 1.29 is 27.1 Å². The van der Waals surface area contributed by atoms with E-state index in [1.807, 2.05) is 0 Å². The van der Waals surface area contributed by atoms with Crippen molar-refractivity contribution in [2.45, 2.75) is 11.8 Å². The summed E-state index contributed by atoms with van der Waals surface area (Å²) in [5.41, 5.74) is 1.15. The van der Waals surface area contributed by atoms with Crippen LogP contribution < -0.4 is 19.5 Å². The molecule has 32 heavy (non-hydrogen) atoms. The molecule has 2 N–H and O–H groups in total. The Hall–Kier alpha value is -3.30. The van der Waals surface area contributed by atoms with Crippen molar-refractivity contribution in [3.05, 3.63) is 77.1 Å². The van der Waals surface area contributed by atoms with Crippen LogP contribution in [0.25, 0.3) is 0 Å². The zero-order valence-electron chi connectivity index (χ0n) is 17.2. The molecule has 168 valence electrons. The topological polar surface area (TPSA) is 93.7 Å². The van der Waals surface area contributed by atoms with Gasteiger partial charge in [-0.3, -0.25) is 9.52 Å². The van der Waals surface area contributed by atoms with Crippen LogP contribution in [-0.4, -0.2) is 28.0 Å². The molecule has 0 unspecified atom stereocenters. The van der Waals surface area contributed by atoms with Crippen molar-refractivity contribution in [3.8, 4) is 11.5 Å². The van der Waals surface area contributed by atoms with Crippen LogP contribution in [0.1, 0.15) is 5.56 Å². The maximum atomic E-state index is 13.0. The van der Waals surface area contributed by atoms with Crippen LogP contribution in [0.4, 0.5) is 15.8 Å². The summed E-state index contributed by atoms with van der Waals surface area (Å²) in [6.45, 7) is 1.35. The van der Waals surface area contributed by atoms with E-state index >= 15 is 0 Å². The molecule has 0 aliphatic carbocycles. The number of amides is 1. The molecule has 3 rings (SSSR count). The highest BCUT2D eigenvalue weighted by atomic mass is 35.5. The third kappa shape index (κ3) is 5.89. The Bertz CT molecular complexity index is 1230. The number of ether oxygens (including phenoxy) is 2. The average Bonchev–Trinajstić information content (AvgIpc) is 2.74. The van der Waals surface area contributed by atoms with E-state index in [1.165, 1.54) is 37.4 Å². The lowest BCUT2D eigenvalue weighted by atomic mass is 10.2. The Morgan fingerprint density at radius 1 is 1.03 bits per heavy atom. The number of carbonyl (C=O) groups excluding carboxylic acids is 1. The number of sulfonamides is 1. The lowest BCUT2D eigenvalue weighted by molar-refractivity contribution is -0.118. The molecule has 0 aliphatic heterocycles. The minimum absolute atomic E-state index is 0.000194. The molecule has 0 spiro atoms. The molecule has 0 saturated carbocycles. The van der Waals surface area contributed by atoms with Gasteiger partial charge < -0.3 is 14.8 Å². The highest BCUT2D eigenvalue weighted by Gasteiger charge is 2.17. The van der Waals surface area contributed by atoms with E-state index in [1.54, 1.807) is 25.1 Å². The number of anilines is 2. The minimum atomic E-state index is -3.88. The van der Waals surface area contributed by atoms with Crippen LogP contribution in [0.2, 0.25) is 5.02 Å². The number of benzene rings is 3. The summed E-state index contributed by atoms with van der Waals surface area (Å²) < 4.78 is 51.3. The SMILES string of the molecule is COc1ccc(Cl)cc1NC(=O)COc1ccc(S(=O)(=O)Nc2ccc(F)cc2)cc1C. The van der Waals surface area contributed by atoms with Crippen LogP contribution in [-0.2, 0) is 14.8 Å². The summed E-state index contributed by atoms with van der Waals surface area (Å²) in [7, 11) is -2.41. The number of hydrogen-bond acceptors (Lipinski definition) is 5. The molecule has 7 nitrogen and oxygen atoms in total. The Labute approximate surface area is 190 Å². The maximum Gasteiger partial charge on any atom is 0.262 e. The molecular formula is C22H20ClFN2O5S. The standard InChI is InChI=1S/C22H20ClFN2O5S/c1-14-11-18(32(28,29)26-17-6-4-16(24)5-7-17)8-10-20(14)31-13-22(27)25-19-12-15(23)3-9-21(19)30-2/h3-12,26H,13H2,1-2H3,(H,25,27). The number of nitrogens with one attached hydrogen (secondary N) is 2. The van der Waals surface area contributed by atoms with Crippen molar-refractivity contribution in [1.82, 2.24) is 0 Å². The molecule has 0 aromatic heterocycles. The van der Waals surface area contributed by atoms with Crippen molar-refractivity contribution in [3.63, 3.8) is 0 Å². The molecule has 0 fully saturated rings. The average molecular weight is 479 g/mol. The highest BCUT2D eigenvalue weighted by Crippen LogP contribution is 2.28. The molecular weight excluding hydrogens is 459 g/mol. The Morgan fingerprint density at radius 2 is 1.72 bits per heavy atom. The second-order valence-electron chi connectivity index (χ2n) is 6.72. The van der Waals surface area contributed by atoms with E-state index in [9.17, 15) is 17.6 Å². The van der Waals surface area contributed by atoms with E-state index in [2.05, 4.69) is 10.0 Å². The van der Waals surface area contributed by atoms with Gasteiger partial charge in [-0.15, -0.1) is 0 Å². The van der Waals surface area contributed by atoms with Crippen LogP contribution in [0.3, 0.4) is 0 Å². The lowest BCUT2D eigenvalue weighted by Crippen LogP contribution is -2.21. The minimum Gasteiger partial charge on any atom is -0.495 e. The van der Waals surface area contributed by atoms with Crippen LogP contribution in [0.5, 0.6) is 11.5 Å². The van der Waals surface area contributed by atoms with E-state index in [-0.39, 0.29) is 17.2 Å². The summed E-state index contributed by atoms with van der Waals surface area (Å²) in [5, 5.41) is 3.09. The fourth-order valence-corrected chi connectivity index (χ4v) is 4.11. The van der Waals surface area contributed by atoms with Crippen LogP contribution in [0, 0.1) is 12.7 Å². The monoisotopic (exact) mass is 478 g/mol. The number of carbonyl (C=O) groups is 1. The molecule has 10 heteroatoms. The van der Waals surface area contributed by atoms with E-state index in [4.69, 9.17) is 21.1 Å². The fourth-order valence-electron chi connectivity index (χ4n) is 2.79. The lowest BCUT2D eigenvalue weighted by Gasteiger charge is -2.13. The quantitative estimate of drug-likeness (QED) is 0.493. The first-order valence-electron chi connectivity index (χ1n) is 9.33. The van der Waals surface area contributed by atoms with Crippen molar-refractivity contribution in [2.24, 2.45) is 0 Å². The van der Waals surface area contributed by atoms with Crippen LogP contribution in [0.15, 0.2) is 65.6 Å². The Kier molecular flexibility index (Phi) is 7.22. The first kappa shape index (κ1) is 23.4. The molecule has 3 aromatic rings. The summed E-state index contributed by atoms with van der Waals surface area (Å²) >= 11 is 5.95. The zero-order chi connectivity index (χ0) is 23.3. The predicted molar refractivity (Wildman–Crippen MR) is 121 cm³/mol. The molecule has 3 aromatic carbocycles. The summed E-state index contributed by atoms with van der Waals surface area (Å²) in [5.74, 6) is -0.121. The van der Waals surface area contributed by atoms with Gasteiger partial charge in [0.15, 0.2) is 6.61 Å². The van der Waals surface area contributed by atoms with E-state index < -0.39 is 21.7 Å². The molecule has 1 amide bonds. The molecule has 0 heterocycles. The maximum absolute atomic E-state index is 13.0. The van der Waals surface area contributed by atoms with Gasteiger partial charge in [-0.25, -0.2) is 12.8 Å². The summed E-state index contributed by atoms with van der Waals surface area (Å²) in [6.07, 6.45) is 0. The number of aryl methyl sites for hydroxylation is 1. The summed E-state index contributed by atoms with van der Waals surface area (Å²) in [6, 6.07) is 14.0. The first-order valence-corrected chi connectivity index (χ1v) is 11.2. The second kappa shape index (κ2) is 9.88. The zero-order valence-corrected chi connectivity index (χ0v) is 18.8. The largest absolute Gasteiger partial charge is 0.495 e. The van der Waals surface area contributed by atoms with Gasteiger partial charge >= 0.3 is 0 Å². The summed E-state index contributed by atoms with van der Waals surface area (Å²) in [4.78, 5) is 12.3. The molecule has 0 saturated heterocycles. The van der Waals surface area contributed by atoms with Crippen molar-refractivity contribution >= 4 is 38.9 Å². The fraction of sp³-hybridized carbons (Fsp3) is 0.136. The third-order valence-corrected chi connectivity index (χ3v) is 5.96. The highest BCUT2D eigenvalue weighted by molar-refractivity contribution is 7.92. The number of hydrogen-bond donors (Lipinski definition) is 2. The van der Waals surface area contributed by atoms with Gasteiger partial charge in [-0.1, -0.05) is 11.6 Å². The van der Waals surface area contributed by atoms with E-state index in [0.717, 1.165) is 12.1 Å². The van der Waals surface area contributed by atoms with Gasteiger partial charge in [0.25, 0.3) is 15.9 Å². The van der Waals surface area contributed by atoms with Gasteiger partial charge in [0.05, 0.1) is 17.7 Å². The normalized spacial score (nSPS) is 11.0. The Morgan fingerprint density at radius 3 is 2.38 bits per heavy atom. The van der Waals surface area contributed by atoms with Crippen molar-refractivity contribution in [2.75, 3.05) is 23.8 Å². The number of methoxy groups -OCH3 is 1. The first-order chi connectivity index (χ1) is 15.2. The smallest absolute Gasteiger partial charge is 0.262 e. The Balaban J connectivity index is 1.65. The predicted octanol–water partition coefficient (Wildman–Crippen LogP) is 4.61. The number of halogens is 2. The molecule has 0 aliphatic rings. The van der Waals surface area contributed by atoms with Gasteiger partial charge in [-0.05, 0) is 73.2 Å². The third-order valence-electron chi connectivity index (χ3n) is 4.35. The van der Waals surface area contributed by atoms with Gasteiger partial charge in [0.2, 0.25) is 0 Å². The van der Waals surface area contributed by atoms with Gasteiger partial charge in [-0.2, -0.15) is 0 Å². The van der Waals surface area contributed by atoms with Gasteiger partial charge in [0, 0.05) is 10.7 Å².